The van der Waals surface area contributed by atoms with Crippen LogP contribution in [0.15, 0.2) is 30.3 Å². The van der Waals surface area contributed by atoms with Crippen molar-refractivity contribution in [2.45, 2.75) is 13.3 Å². The summed E-state index contributed by atoms with van der Waals surface area (Å²) in [7, 11) is 0. The van der Waals surface area contributed by atoms with E-state index in [-0.39, 0.29) is 30.7 Å². The third-order valence-electron chi connectivity index (χ3n) is 2.42. The maximum Gasteiger partial charge on any atom is 0.223 e. The highest BCUT2D eigenvalue weighted by Crippen LogP contribution is 2.05. The minimum atomic E-state index is -0.293. The van der Waals surface area contributed by atoms with Crippen molar-refractivity contribution in [1.29, 1.82) is 0 Å². The standard InChI is InChI=1S/C14H18FNO2/c1-11(10-17)9-16-14(18)7-3-5-12-4-2-6-13(15)8-12/h2-6,8,11,17H,7,9-10H2,1H3,(H,16,18)/b5-3+. The highest BCUT2D eigenvalue weighted by molar-refractivity contribution is 5.78. The van der Waals surface area contributed by atoms with E-state index in [1.807, 2.05) is 6.92 Å². The quantitative estimate of drug-likeness (QED) is 0.812. The molecule has 0 spiro atoms. The molecule has 18 heavy (non-hydrogen) atoms. The van der Waals surface area contributed by atoms with E-state index < -0.39 is 0 Å². The van der Waals surface area contributed by atoms with Crippen molar-refractivity contribution in [2.75, 3.05) is 13.2 Å². The first-order valence-corrected chi connectivity index (χ1v) is 5.91. The van der Waals surface area contributed by atoms with Crippen LogP contribution in [0.3, 0.4) is 0 Å². The van der Waals surface area contributed by atoms with Crippen LogP contribution >= 0.6 is 0 Å². The van der Waals surface area contributed by atoms with Gasteiger partial charge in [-0.05, 0) is 23.6 Å². The van der Waals surface area contributed by atoms with Gasteiger partial charge >= 0.3 is 0 Å². The molecule has 4 heteroatoms. The van der Waals surface area contributed by atoms with Gasteiger partial charge in [-0.1, -0.05) is 31.2 Å². The van der Waals surface area contributed by atoms with Crippen LogP contribution in [0.2, 0.25) is 0 Å². The summed E-state index contributed by atoms with van der Waals surface area (Å²) in [6.07, 6.45) is 3.64. The van der Waals surface area contributed by atoms with Crippen LogP contribution in [0.1, 0.15) is 18.9 Å². The predicted octanol–water partition coefficient (Wildman–Crippen LogP) is 1.97. The average molecular weight is 251 g/mol. The number of nitrogens with one attached hydrogen (secondary N) is 1. The summed E-state index contributed by atoms with van der Waals surface area (Å²) in [4.78, 5) is 11.4. The third-order valence-corrected chi connectivity index (χ3v) is 2.42. The summed E-state index contributed by atoms with van der Waals surface area (Å²) in [6.45, 7) is 2.37. The molecule has 1 aromatic rings. The van der Waals surface area contributed by atoms with E-state index in [0.29, 0.717) is 6.54 Å². The van der Waals surface area contributed by atoms with Crippen LogP contribution < -0.4 is 5.32 Å². The summed E-state index contributed by atoms with van der Waals surface area (Å²) in [6, 6.07) is 6.17. The summed E-state index contributed by atoms with van der Waals surface area (Å²) in [5.41, 5.74) is 0.728. The van der Waals surface area contributed by atoms with E-state index in [4.69, 9.17) is 5.11 Å². The third kappa shape index (κ3) is 5.59. The van der Waals surface area contributed by atoms with Crippen molar-refractivity contribution in [2.24, 2.45) is 5.92 Å². The Labute approximate surface area is 106 Å². The molecule has 1 aromatic carbocycles. The maximum absolute atomic E-state index is 12.9. The molecule has 0 fully saturated rings. The average Bonchev–Trinajstić information content (AvgIpc) is 2.36. The van der Waals surface area contributed by atoms with E-state index in [0.717, 1.165) is 5.56 Å². The van der Waals surface area contributed by atoms with E-state index >= 15 is 0 Å². The lowest BCUT2D eigenvalue weighted by molar-refractivity contribution is -0.120. The smallest absolute Gasteiger partial charge is 0.223 e. The van der Waals surface area contributed by atoms with Gasteiger partial charge in [0.05, 0.1) is 0 Å². The number of rotatable bonds is 6. The lowest BCUT2D eigenvalue weighted by Crippen LogP contribution is -2.28. The number of hydrogen-bond donors (Lipinski definition) is 2. The summed E-state index contributed by atoms with van der Waals surface area (Å²) in [5.74, 6) is -0.345. The zero-order chi connectivity index (χ0) is 13.4. The fourth-order valence-electron chi connectivity index (χ4n) is 1.34. The Morgan fingerprint density at radius 1 is 1.56 bits per heavy atom. The number of hydrogen-bond acceptors (Lipinski definition) is 2. The molecule has 0 aliphatic heterocycles. The fraction of sp³-hybridized carbons (Fsp3) is 0.357. The van der Waals surface area contributed by atoms with Gasteiger partial charge in [-0.15, -0.1) is 0 Å². The number of benzene rings is 1. The monoisotopic (exact) mass is 251 g/mol. The highest BCUT2D eigenvalue weighted by Gasteiger charge is 2.02. The molecule has 0 aromatic heterocycles. The Kier molecular flexibility index (Phi) is 6.08. The van der Waals surface area contributed by atoms with E-state index in [9.17, 15) is 9.18 Å². The van der Waals surface area contributed by atoms with Crippen LogP contribution in [-0.4, -0.2) is 24.2 Å². The van der Waals surface area contributed by atoms with Crippen molar-refractivity contribution >= 4 is 12.0 Å². The van der Waals surface area contributed by atoms with Gasteiger partial charge in [0.2, 0.25) is 5.91 Å². The first-order chi connectivity index (χ1) is 8.61. The first-order valence-electron chi connectivity index (χ1n) is 5.91. The van der Waals surface area contributed by atoms with Crippen molar-refractivity contribution in [1.82, 2.24) is 5.32 Å². The van der Waals surface area contributed by atoms with Crippen molar-refractivity contribution in [3.8, 4) is 0 Å². The van der Waals surface area contributed by atoms with Gasteiger partial charge in [0.1, 0.15) is 5.82 Å². The minimum absolute atomic E-state index is 0.0550. The highest BCUT2D eigenvalue weighted by atomic mass is 19.1. The molecule has 0 aliphatic carbocycles. The Balaban J connectivity index is 2.34. The molecule has 0 saturated heterocycles. The lowest BCUT2D eigenvalue weighted by Gasteiger charge is -2.08. The number of carbonyl (C=O) groups excluding carboxylic acids is 1. The van der Waals surface area contributed by atoms with Gasteiger partial charge in [-0.3, -0.25) is 4.79 Å². The molecule has 3 nitrogen and oxygen atoms in total. The van der Waals surface area contributed by atoms with Crippen molar-refractivity contribution < 1.29 is 14.3 Å². The van der Waals surface area contributed by atoms with Crippen LogP contribution in [-0.2, 0) is 4.79 Å². The largest absolute Gasteiger partial charge is 0.396 e. The number of amides is 1. The Hall–Kier alpha value is -1.68. The van der Waals surface area contributed by atoms with Crippen LogP contribution in [0.4, 0.5) is 4.39 Å². The molecule has 0 saturated carbocycles. The number of aliphatic hydroxyl groups excluding tert-OH is 1. The van der Waals surface area contributed by atoms with Gasteiger partial charge in [0.15, 0.2) is 0 Å². The van der Waals surface area contributed by atoms with Crippen LogP contribution in [0.5, 0.6) is 0 Å². The van der Waals surface area contributed by atoms with Crippen LogP contribution in [0, 0.1) is 11.7 Å². The van der Waals surface area contributed by atoms with Gasteiger partial charge in [0.25, 0.3) is 0 Å². The lowest BCUT2D eigenvalue weighted by atomic mass is 10.2. The second-order valence-corrected chi connectivity index (χ2v) is 4.25. The molecular formula is C14H18FNO2. The maximum atomic E-state index is 12.9. The minimum Gasteiger partial charge on any atom is -0.396 e. The molecule has 98 valence electrons. The fourth-order valence-corrected chi connectivity index (χ4v) is 1.34. The Morgan fingerprint density at radius 2 is 2.33 bits per heavy atom. The first kappa shape index (κ1) is 14.4. The van der Waals surface area contributed by atoms with E-state index in [1.165, 1.54) is 12.1 Å². The van der Waals surface area contributed by atoms with E-state index in [2.05, 4.69) is 5.32 Å². The molecule has 0 radical (unpaired) electrons. The molecule has 1 amide bonds. The molecule has 2 N–H and O–H groups in total. The molecule has 1 atom stereocenters. The van der Waals surface area contributed by atoms with Crippen molar-refractivity contribution in [3.05, 3.63) is 41.7 Å². The summed E-state index contributed by atoms with van der Waals surface area (Å²) in [5, 5.41) is 11.5. The zero-order valence-electron chi connectivity index (χ0n) is 10.4. The topological polar surface area (TPSA) is 49.3 Å². The second-order valence-electron chi connectivity index (χ2n) is 4.25. The van der Waals surface area contributed by atoms with Crippen LogP contribution in [0.25, 0.3) is 6.08 Å². The Bertz CT molecular complexity index is 418. The molecular weight excluding hydrogens is 233 g/mol. The van der Waals surface area contributed by atoms with Gasteiger partial charge in [0, 0.05) is 19.6 Å². The number of halogens is 1. The molecule has 0 aliphatic rings. The zero-order valence-corrected chi connectivity index (χ0v) is 10.4. The number of aliphatic hydroxyl groups is 1. The summed E-state index contributed by atoms with van der Waals surface area (Å²) >= 11 is 0. The molecule has 0 bridgehead atoms. The Morgan fingerprint density at radius 3 is 3.00 bits per heavy atom. The molecule has 0 heterocycles. The van der Waals surface area contributed by atoms with Crippen molar-refractivity contribution in [3.63, 3.8) is 0 Å². The molecule has 1 rings (SSSR count). The SMILES string of the molecule is CC(CO)CNC(=O)C/C=C/c1cccc(F)c1. The summed E-state index contributed by atoms with van der Waals surface area (Å²) < 4.78 is 12.9. The van der Waals surface area contributed by atoms with Gasteiger partial charge in [-0.25, -0.2) is 4.39 Å². The van der Waals surface area contributed by atoms with Gasteiger partial charge < -0.3 is 10.4 Å². The van der Waals surface area contributed by atoms with E-state index in [1.54, 1.807) is 24.3 Å². The number of carbonyl (C=O) groups is 1. The second kappa shape index (κ2) is 7.61. The predicted molar refractivity (Wildman–Crippen MR) is 69.3 cm³/mol. The molecule has 1 unspecified atom stereocenters. The van der Waals surface area contributed by atoms with Gasteiger partial charge in [-0.2, -0.15) is 0 Å². The normalized spacial score (nSPS) is 12.6.